The molecule has 0 aromatic heterocycles. The molecular weight excluding hydrogens is 216 g/mol. The number of thioether (sulfide) groups is 1. The summed E-state index contributed by atoms with van der Waals surface area (Å²) in [5.74, 6) is 1.06. The third-order valence-electron chi connectivity index (χ3n) is 3.90. The molecule has 1 heterocycles. The second-order valence-electron chi connectivity index (χ2n) is 5.47. The minimum atomic E-state index is 0.754. The van der Waals surface area contributed by atoms with E-state index in [1.165, 1.54) is 51.9 Å². The van der Waals surface area contributed by atoms with E-state index in [9.17, 15) is 0 Å². The van der Waals surface area contributed by atoms with Crippen LogP contribution >= 0.6 is 11.8 Å². The van der Waals surface area contributed by atoms with Crippen molar-refractivity contribution < 1.29 is 0 Å². The zero-order valence-corrected chi connectivity index (χ0v) is 11.6. The Morgan fingerprint density at radius 1 is 1.25 bits per heavy atom. The molecule has 0 aromatic carbocycles. The summed E-state index contributed by atoms with van der Waals surface area (Å²) in [6, 6.07) is 0.782. The van der Waals surface area contributed by atoms with E-state index in [-0.39, 0.29) is 0 Å². The molecule has 2 nitrogen and oxygen atoms in total. The van der Waals surface area contributed by atoms with Crippen LogP contribution in [-0.4, -0.2) is 48.6 Å². The van der Waals surface area contributed by atoms with Gasteiger partial charge in [0.15, 0.2) is 0 Å². The van der Waals surface area contributed by atoms with Gasteiger partial charge in [0.25, 0.3) is 0 Å². The van der Waals surface area contributed by atoms with Crippen LogP contribution in [0, 0.1) is 5.92 Å². The SMILES string of the molecule is CSC(C)CNC1CCN(CC2CC2)CC1. The maximum Gasteiger partial charge on any atom is 0.0141 e. The van der Waals surface area contributed by atoms with Crippen molar-refractivity contribution in [1.29, 1.82) is 0 Å². The average Bonchev–Trinajstić information content (AvgIpc) is 3.11. The molecule has 16 heavy (non-hydrogen) atoms. The Morgan fingerprint density at radius 2 is 1.94 bits per heavy atom. The number of nitrogens with one attached hydrogen (secondary N) is 1. The minimum Gasteiger partial charge on any atom is -0.313 e. The van der Waals surface area contributed by atoms with Gasteiger partial charge in [-0.2, -0.15) is 11.8 Å². The van der Waals surface area contributed by atoms with Gasteiger partial charge in [-0.25, -0.2) is 0 Å². The number of hydrogen-bond donors (Lipinski definition) is 1. The number of rotatable bonds is 6. The van der Waals surface area contributed by atoms with Gasteiger partial charge in [0, 0.05) is 24.4 Å². The number of nitrogens with zero attached hydrogens (tertiary/aromatic N) is 1. The van der Waals surface area contributed by atoms with Crippen molar-refractivity contribution in [2.24, 2.45) is 5.92 Å². The van der Waals surface area contributed by atoms with Crippen LogP contribution < -0.4 is 5.32 Å². The van der Waals surface area contributed by atoms with E-state index < -0.39 is 0 Å². The van der Waals surface area contributed by atoms with Crippen LogP contribution in [-0.2, 0) is 0 Å². The van der Waals surface area contributed by atoms with Crippen LogP contribution in [0.15, 0.2) is 0 Å². The highest BCUT2D eigenvalue weighted by molar-refractivity contribution is 7.99. The monoisotopic (exact) mass is 242 g/mol. The highest BCUT2D eigenvalue weighted by Crippen LogP contribution is 2.30. The number of hydrogen-bond acceptors (Lipinski definition) is 3. The van der Waals surface area contributed by atoms with Gasteiger partial charge >= 0.3 is 0 Å². The summed E-state index contributed by atoms with van der Waals surface area (Å²) in [7, 11) is 0. The van der Waals surface area contributed by atoms with E-state index in [4.69, 9.17) is 0 Å². The zero-order chi connectivity index (χ0) is 11.4. The summed E-state index contributed by atoms with van der Waals surface area (Å²) in [5, 5.41) is 4.47. The molecule has 1 aliphatic carbocycles. The molecule has 0 radical (unpaired) electrons. The molecule has 94 valence electrons. The Balaban J connectivity index is 1.57. The molecule has 0 aromatic rings. The number of piperidine rings is 1. The summed E-state index contributed by atoms with van der Waals surface area (Å²) < 4.78 is 0. The first-order valence-electron chi connectivity index (χ1n) is 6.76. The Labute approximate surface area is 105 Å². The first kappa shape index (κ1) is 12.7. The summed E-state index contributed by atoms with van der Waals surface area (Å²) in [6.07, 6.45) is 7.89. The van der Waals surface area contributed by atoms with Crippen LogP contribution in [0.5, 0.6) is 0 Å². The first-order valence-corrected chi connectivity index (χ1v) is 8.05. The van der Waals surface area contributed by atoms with E-state index in [2.05, 4.69) is 23.4 Å². The molecule has 1 unspecified atom stereocenters. The molecule has 0 spiro atoms. The van der Waals surface area contributed by atoms with Crippen molar-refractivity contribution in [3.05, 3.63) is 0 Å². The Bertz CT molecular complexity index is 198. The lowest BCUT2D eigenvalue weighted by molar-refractivity contribution is 0.191. The molecule has 3 heteroatoms. The third kappa shape index (κ3) is 4.27. The van der Waals surface area contributed by atoms with E-state index in [1.807, 2.05) is 11.8 Å². The molecule has 0 amide bonds. The van der Waals surface area contributed by atoms with Gasteiger partial charge in [-0.3, -0.25) is 0 Å². The maximum absolute atomic E-state index is 3.71. The molecule has 1 atom stereocenters. The fraction of sp³-hybridized carbons (Fsp3) is 1.00. The zero-order valence-electron chi connectivity index (χ0n) is 10.7. The van der Waals surface area contributed by atoms with Crippen LogP contribution in [0.2, 0.25) is 0 Å². The molecule has 1 aliphatic heterocycles. The molecular formula is C13H26N2S. The highest BCUT2D eigenvalue weighted by atomic mass is 32.2. The highest BCUT2D eigenvalue weighted by Gasteiger charge is 2.26. The van der Waals surface area contributed by atoms with Crippen LogP contribution in [0.25, 0.3) is 0 Å². The largest absolute Gasteiger partial charge is 0.313 e. The van der Waals surface area contributed by atoms with Crippen molar-refractivity contribution in [2.75, 3.05) is 32.4 Å². The lowest BCUT2D eigenvalue weighted by Crippen LogP contribution is -2.44. The fourth-order valence-electron chi connectivity index (χ4n) is 2.40. The normalized spacial score (nSPS) is 25.9. The Morgan fingerprint density at radius 3 is 2.50 bits per heavy atom. The van der Waals surface area contributed by atoms with Gasteiger partial charge in [0.1, 0.15) is 0 Å². The molecule has 1 saturated carbocycles. The average molecular weight is 242 g/mol. The van der Waals surface area contributed by atoms with Gasteiger partial charge in [-0.05, 0) is 50.9 Å². The number of likely N-dealkylation sites (tertiary alicyclic amines) is 1. The lowest BCUT2D eigenvalue weighted by atomic mass is 10.0. The molecule has 2 aliphatic rings. The predicted octanol–water partition coefficient (Wildman–Crippen LogP) is 2.20. The van der Waals surface area contributed by atoms with E-state index >= 15 is 0 Å². The van der Waals surface area contributed by atoms with Crippen LogP contribution in [0.1, 0.15) is 32.6 Å². The van der Waals surface area contributed by atoms with Crippen LogP contribution in [0.3, 0.4) is 0 Å². The quantitative estimate of drug-likeness (QED) is 0.769. The molecule has 2 fully saturated rings. The molecule has 2 rings (SSSR count). The van der Waals surface area contributed by atoms with Gasteiger partial charge in [-0.15, -0.1) is 0 Å². The van der Waals surface area contributed by atoms with Crippen LogP contribution in [0.4, 0.5) is 0 Å². The minimum absolute atomic E-state index is 0.754. The van der Waals surface area contributed by atoms with E-state index in [0.29, 0.717) is 0 Å². The van der Waals surface area contributed by atoms with Gasteiger partial charge in [0.05, 0.1) is 0 Å². The third-order valence-corrected chi connectivity index (χ3v) is 4.87. The summed E-state index contributed by atoms with van der Waals surface area (Å²) in [6.45, 7) is 7.51. The maximum atomic E-state index is 3.71. The Kier molecular flexibility index (Phi) is 4.98. The van der Waals surface area contributed by atoms with Crippen molar-refractivity contribution in [3.63, 3.8) is 0 Å². The molecule has 1 saturated heterocycles. The fourth-order valence-corrected chi connectivity index (χ4v) is 2.66. The van der Waals surface area contributed by atoms with Gasteiger partial charge < -0.3 is 10.2 Å². The summed E-state index contributed by atoms with van der Waals surface area (Å²) >= 11 is 1.96. The smallest absolute Gasteiger partial charge is 0.0141 e. The van der Waals surface area contributed by atoms with Crippen molar-refractivity contribution >= 4 is 11.8 Å². The second-order valence-corrected chi connectivity index (χ2v) is 6.75. The summed E-state index contributed by atoms with van der Waals surface area (Å²) in [4.78, 5) is 2.67. The standard InChI is InChI=1S/C13H26N2S/c1-11(16-2)9-14-13-5-7-15(8-6-13)10-12-3-4-12/h11-14H,3-10H2,1-2H3. The predicted molar refractivity (Wildman–Crippen MR) is 73.2 cm³/mol. The van der Waals surface area contributed by atoms with Crippen molar-refractivity contribution in [1.82, 2.24) is 10.2 Å². The van der Waals surface area contributed by atoms with Crippen molar-refractivity contribution in [2.45, 2.75) is 43.9 Å². The molecule has 0 bridgehead atoms. The van der Waals surface area contributed by atoms with E-state index in [0.717, 1.165) is 17.2 Å². The van der Waals surface area contributed by atoms with E-state index in [1.54, 1.807) is 0 Å². The van der Waals surface area contributed by atoms with Gasteiger partial charge in [0.2, 0.25) is 0 Å². The first-order chi connectivity index (χ1) is 7.78. The Hall–Kier alpha value is 0.270. The second kappa shape index (κ2) is 6.27. The molecule has 1 N–H and O–H groups in total. The lowest BCUT2D eigenvalue weighted by Gasteiger charge is -2.33. The van der Waals surface area contributed by atoms with Crippen molar-refractivity contribution in [3.8, 4) is 0 Å². The summed E-state index contributed by atoms with van der Waals surface area (Å²) in [5.41, 5.74) is 0. The van der Waals surface area contributed by atoms with Gasteiger partial charge in [-0.1, -0.05) is 6.92 Å². The topological polar surface area (TPSA) is 15.3 Å².